The third kappa shape index (κ3) is 5.65. The van der Waals surface area contributed by atoms with Gasteiger partial charge in [0.2, 0.25) is 15.9 Å². The average molecular weight is 383 g/mol. The summed E-state index contributed by atoms with van der Waals surface area (Å²) in [7, 11) is -2.09. The molecule has 2 rings (SSSR count). The summed E-state index contributed by atoms with van der Waals surface area (Å²) in [6.45, 7) is -0.0189. The summed E-state index contributed by atoms with van der Waals surface area (Å²) < 4.78 is 30.2. The zero-order valence-corrected chi connectivity index (χ0v) is 15.5. The number of anilines is 1. The Hall–Kier alpha value is -2.25. The predicted octanol–water partition coefficient (Wildman–Crippen LogP) is 2.43. The van der Waals surface area contributed by atoms with Crippen LogP contribution in [0.4, 0.5) is 5.69 Å². The standard InChI is InChI=1S/C17H19ClN2O4S/c1-24-16-9-7-15(8-10-16)20(25(2,22)23)12-17(21)19-11-13-3-5-14(18)6-4-13/h3-10H,11-12H2,1-2H3,(H,19,21). The Balaban J connectivity index is 2.05. The number of carbonyl (C=O) groups is 1. The zero-order chi connectivity index (χ0) is 18.4. The molecule has 6 nitrogen and oxygen atoms in total. The number of ether oxygens (including phenoxy) is 1. The maximum Gasteiger partial charge on any atom is 0.241 e. The third-order valence-corrected chi connectivity index (χ3v) is 4.84. The second-order valence-electron chi connectivity index (χ2n) is 5.37. The molecular formula is C17H19ClN2O4S. The van der Waals surface area contributed by atoms with E-state index in [0.29, 0.717) is 16.5 Å². The van der Waals surface area contributed by atoms with Gasteiger partial charge in [-0.1, -0.05) is 23.7 Å². The Morgan fingerprint density at radius 1 is 1.12 bits per heavy atom. The second-order valence-corrected chi connectivity index (χ2v) is 7.71. The lowest BCUT2D eigenvalue weighted by Crippen LogP contribution is -2.40. The van der Waals surface area contributed by atoms with Crippen LogP contribution in [0, 0.1) is 0 Å². The molecule has 25 heavy (non-hydrogen) atoms. The summed E-state index contributed by atoms with van der Waals surface area (Å²) >= 11 is 5.81. The summed E-state index contributed by atoms with van der Waals surface area (Å²) in [4.78, 5) is 12.2. The number of nitrogens with zero attached hydrogens (tertiary/aromatic N) is 1. The van der Waals surface area contributed by atoms with Crippen LogP contribution in [0.5, 0.6) is 5.75 Å². The Labute approximate surface area is 152 Å². The lowest BCUT2D eigenvalue weighted by atomic mass is 10.2. The first-order valence-electron chi connectivity index (χ1n) is 7.42. The van der Waals surface area contributed by atoms with Gasteiger partial charge in [-0.25, -0.2) is 8.42 Å². The molecule has 0 heterocycles. The molecule has 1 N–H and O–H groups in total. The van der Waals surface area contributed by atoms with Crippen LogP contribution in [0.1, 0.15) is 5.56 Å². The topological polar surface area (TPSA) is 75.7 Å². The number of carbonyl (C=O) groups excluding carboxylic acids is 1. The van der Waals surface area contributed by atoms with E-state index in [0.717, 1.165) is 16.1 Å². The summed E-state index contributed by atoms with van der Waals surface area (Å²) in [5.41, 5.74) is 1.26. The monoisotopic (exact) mass is 382 g/mol. The largest absolute Gasteiger partial charge is 0.497 e. The maximum absolute atomic E-state index is 12.2. The van der Waals surface area contributed by atoms with Gasteiger partial charge >= 0.3 is 0 Å². The van der Waals surface area contributed by atoms with Crippen molar-refractivity contribution in [1.82, 2.24) is 5.32 Å². The Kier molecular flexibility index (Phi) is 6.27. The molecule has 0 aromatic heterocycles. The first kappa shape index (κ1) is 19.1. The van der Waals surface area contributed by atoms with Crippen LogP contribution < -0.4 is 14.4 Å². The van der Waals surface area contributed by atoms with E-state index in [1.54, 1.807) is 48.5 Å². The van der Waals surface area contributed by atoms with Gasteiger partial charge in [0, 0.05) is 11.6 Å². The quantitative estimate of drug-likeness (QED) is 0.798. The van der Waals surface area contributed by atoms with Crippen molar-refractivity contribution in [1.29, 1.82) is 0 Å². The molecule has 0 aliphatic carbocycles. The third-order valence-electron chi connectivity index (χ3n) is 3.45. The summed E-state index contributed by atoms with van der Waals surface area (Å²) in [5, 5.41) is 3.31. The van der Waals surface area contributed by atoms with Crippen LogP contribution in [0.3, 0.4) is 0 Å². The van der Waals surface area contributed by atoms with E-state index in [9.17, 15) is 13.2 Å². The van der Waals surface area contributed by atoms with Crippen LogP contribution in [0.15, 0.2) is 48.5 Å². The highest BCUT2D eigenvalue weighted by Gasteiger charge is 2.20. The fourth-order valence-electron chi connectivity index (χ4n) is 2.14. The number of methoxy groups -OCH3 is 1. The lowest BCUT2D eigenvalue weighted by Gasteiger charge is -2.22. The number of sulfonamides is 1. The smallest absolute Gasteiger partial charge is 0.241 e. The molecule has 0 fully saturated rings. The molecule has 0 radical (unpaired) electrons. The van der Waals surface area contributed by atoms with Crippen molar-refractivity contribution in [3.63, 3.8) is 0 Å². The minimum Gasteiger partial charge on any atom is -0.497 e. The fourth-order valence-corrected chi connectivity index (χ4v) is 3.12. The molecule has 0 saturated heterocycles. The molecule has 134 valence electrons. The number of benzene rings is 2. The lowest BCUT2D eigenvalue weighted by molar-refractivity contribution is -0.119. The molecule has 2 aromatic rings. The van der Waals surface area contributed by atoms with Crippen LogP contribution >= 0.6 is 11.6 Å². The van der Waals surface area contributed by atoms with Crippen molar-refractivity contribution in [3.05, 3.63) is 59.1 Å². The first-order chi connectivity index (χ1) is 11.8. The molecule has 2 aromatic carbocycles. The fraction of sp³-hybridized carbons (Fsp3) is 0.235. The molecule has 0 spiro atoms. The zero-order valence-electron chi connectivity index (χ0n) is 13.9. The van der Waals surface area contributed by atoms with Crippen molar-refractivity contribution in [3.8, 4) is 5.75 Å². The Bertz CT molecular complexity index is 821. The van der Waals surface area contributed by atoms with Crippen molar-refractivity contribution < 1.29 is 17.9 Å². The van der Waals surface area contributed by atoms with Gasteiger partial charge < -0.3 is 10.1 Å². The van der Waals surface area contributed by atoms with Crippen molar-refractivity contribution >= 4 is 33.2 Å². The molecule has 0 unspecified atom stereocenters. The van der Waals surface area contributed by atoms with E-state index < -0.39 is 15.9 Å². The van der Waals surface area contributed by atoms with Gasteiger partial charge in [-0.2, -0.15) is 0 Å². The SMILES string of the molecule is COc1ccc(N(CC(=O)NCc2ccc(Cl)cc2)S(C)(=O)=O)cc1. The van der Waals surface area contributed by atoms with Gasteiger partial charge in [0.05, 0.1) is 19.1 Å². The summed E-state index contributed by atoms with van der Waals surface area (Å²) in [6, 6.07) is 13.5. The van der Waals surface area contributed by atoms with Crippen LogP contribution in [-0.2, 0) is 21.4 Å². The van der Waals surface area contributed by atoms with E-state index in [-0.39, 0.29) is 13.1 Å². The average Bonchev–Trinajstić information content (AvgIpc) is 2.58. The molecule has 0 saturated carbocycles. The highest BCUT2D eigenvalue weighted by atomic mass is 35.5. The minimum atomic E-state index is -3.61. The molecule has 0 aliphatic rings. The highest BCUT2D eigenvalue weighted by Crippen LogP contribution is 2.21. The number of hydrogen-bond donors (Lipinski definition) is 1. The second kappa shape index (κ2) is 8.22. The van der Waals surface area contributed by atoms with Crippen LogP contribution in [-0.4, -0.2) is 34.2 Å². The van der Waals surface area contributed by atoms with Gasteiger partial charge in [-0.3, -0.25) is 9.10 Å². The molecular weight excluding hydrogens is 364 g/mol. The predicted molar refractivity (Wildman–Crippen MR) is 98.5 cm³/mol. The van der Waals surface area contributed by atoms with Gasteiger partial charge in [0.1, 0.15) is 12.3 Å². The van der Waals surface area contributed by atoms with E-state index in [1.165, 1.54) is 7.11 Å². The number of amides is 1. The van der Waals surface area contributed by atoms with E-state index in [1.807, 2.05) is 0 Å². The molecule has 0 aliphatic heterocycles. The number of nitrogens with one attached hydrogen (secondary N) is 1. The van der Waals surface area contributed by atoms with Crippen molar-refractivity contribution in [2.45, 2.75) is 6.54 Å². The Morgan fingerprint density at radius 2 is 1.72 bits per heavy atom. The van der Waals surface area contributed by atoms with Gasteiger partial charge in [0.25, 0.3) is 0 Å². The van der Waals surface area contributed by atoms with Crippen molar-refractivity contribution in [2.75, 3.05) is 24.2 Å². The molecule has 0 atom stereocenters. The van der Waals surface area contributed by atoms with Crippen LogP contribution in [0.2, 0.25) is 5.02 Å². The summed E-state index contributed by atoms with van der Waals surface area (Å²) in [6.07, 6.45) is 1.06. The van der Waals surface area contributed by atoms with E-state index in [4.69, 9.17) is 16.3 Å². The summed E-state index contributed by atoms with van der Waals surface area (Å²) in [5.74, 6) is 0.195. The maximum atomic E-state index is 12.2. The van der Waals surface area contributed by atoms with E-state index >= 15 is 0 Å². The normalized spacial score (nSPS) is 11.0. The highest BCUT2D eigenvalue weighted by molar-refractivity contribution is 7.92. The van der Waals surface area contributed by atoms with Crippen LogP contribution in [0.25, 0.3) is 0 Å². The number of rotatable bonds is 7. The molecule has 0 bridgehead atoms. The van der Waals surface area contributed by atoms with Gasteiger partial charge in [0.15, 0.2) is 0 Å². The minimum absolute atomic E-state index is 0.288. The molecule has 1 amide bonds. The van der Waals surface area contributed by atoms with Gasteiger partial charge in [-0.15, -0.1) is 0 Å². The first-order valence-corrected chi connectivity index (χ1v) is 9.65. The number of halogens is 1. The number of hydrogen-bond acceptors (Lipinski definition) is 4. The van der Waals surface area contributed by atoms with Crippen molar-refractivity contribution in [2.24, 2.45) is 0 Å². The van der Waals surface area contributed by atoms with Gasteiger partial charge in [-0.05, 0) is 42.0 Å². The Morgan fingerprint density at radius 3 is 2.24 bits per heavy atom. The molecule has 8 heteroatoms. The van der Waals surface area contributed by atoms with E-state index in [2.05, 4.69) is 5.32 Å².